The minimum absolute atomic E-state index is 0.221. The van der Waals surface area contributed by atoms with Crippen LogP contribution < -0.4 is 5.32 Å². The first-order valence-corrected chi connectivity index (χ1v) is 8.73. The molecule has 0 saturated heterocycles. The SMILES string of the molecule is CCc1cccc(C2CC(C)CCC2CNC(C)(C)C)c1. The fourth-order valence-electron chi connectivity index (χ4n) is 3.58. The molecule has 0 amide bonds. The number of aryl methyl sites for hydroxylation is 1. The maximum absolute atomic E-state index is 3.73. The van der Waals surface area contributed by atoms with Crippen LogP contribution in [0.15, 0.2) is 24.3 Å². The molecule has 2 rings (SSSR count). The third-order valence-electron chi connectivity index (χ3n) is 4.94. The predicted molar refractivity (Wildman–Crippen MR) is 92.8 cm³/mol. The van der Waals surface area contributed by atoms with E-state index >= 15 is 0 Å². The second-order valence-corrected chi connectivity index (χ2v) is 8.01. The second kappa shape index (κ2) is 6.96. The Morgan fingerprint density at radius 2 is 1.95 bits per heavy atom. The van der Waals surface area contributed by atoms with Crippen LogP contribution in [-0.2, 0) is 6.42 Å². The number of benzene rings is 1. The summed E-state index contributed by atoms with van der Waals surface area (Å²) >= 11 is 0. The van der Waals surface area contributed by atoms with E-state index in [9.17, 15) is 0 Å². The van der Waals surface area contributed by atoms with Gasteiger partial charge in [-0.15, -0.1) is 0 Å². The zero-order valence-corrected chi connectivity index (χ0v) is 14.6. The Hall–Kier alpha value is -0.820. The van der Waals surface area contributed by atoms with E-state index in [-0.39, 0.29) is 5.54 Å². The van der Waals surface area contributed by atoms with E-state index in [0.29, 0.717) is 0 Å². The number of nitrogens with one attached hydrogen (secondary N) is 1. The van der Waals surface area contributed by atoms with Crippen molar-refractivity contribution < 1.29 is 0 Å². The van der Waals surface area contributed by atoms with E-state index in [0.717, 1.165) is 30.7 Å². The van der Waals surface area contributed by atoms with Crippen LogP contribution in [0.4, 0.5) is 0 Å². The van der Waals surface area contributed by atoms with Crippen LogP contribution in [0.1, 0.15) is 70.9 Å². The minimum Gasteiger partial charge on any atom is -0.312 e. The summed E-state index contributed by atoms with van der Waals surface area (Å²) in [6.45, 7) is 12.6. The van der Waals surface area contributed by atoms with Gasteiger partial charge in [-0.1, -0.05) is 44.5 Å². The predicted octanol–water partition coefficient (Wildman–Crippen LogP) is 5.16. The van der Waals surface area contributed by atoms with Gasteiger partial charge in [0.2, 0.25) is 0 Å². The third-order valence-corrected chi connectivity index (χ3v) is 4.94. The molecule has 0 spiro atoms. The van der Waals surface area contributed by atoms with Crippen molar-refractivity contribution in [2.45, 2.75) is 71.8 Å². The molecule has 1 heteroatoms. The summed E-state index contributed by atoms with van der Waals surface area (Å²) in [6, 6.07) is 9.32. The molecule has 1 aliphatic carbocycles. The van der Waals surface area contributed by atoms with Gasteiger partial charge < -0.3 is 5.32 Å². The molecule has 0 bridgehead atoms. The van der Waals surface area contributed by atoms with Crippen LogP contribution in [0.25, 0.3) is 0 Å². The molecule has 118 valence electrons. The minimum atomic E-state index is 0.221. The van der Waals surface area contributed by atoms with Gasteiger partial charge in [0.15, 0.2) is 0 Å². The smallest absolute Gasteiger partial charge is 0.00966 e. The van der Waals surface area contributed by atoms with Crippen molar-refractivity contribution in [1.29, 1.82) is 0 Å². The van der Waals surface area contributed by atoms with E-state index in [1.54, 1.807) is 5.56 Å². The van der Waals surface area contributed by atoms with Gasteiger partial charge in [-0.05, 0) is 75.5 Å². The Bertz CT molecular complexity index is 443. The van der Waals surface area contributed by atoms with Crippen LogP contribution in [0.3, 0.4) is 0 Å². The summed E-state index contributed by atoms with van der Waals surface area (Å²) in [7, 11) is 0. The van der Waals surface area contributed by atoms with Gasteiger partial charge in [0.05, 0.1) is 0 Å². The summed E-state index contributed by atoms with van der Waals surface area (Å²) < 4.78 is 0. The summed E-state index contributed by atoms with van der Waals surface area (Å²) in [5, 5.41) is 3.73. The standard InChI is InChI=1S/C20H33N/c1-6-16-8-7-9-17(13-16)19-12-15(2)10-11-18(19)14-21-20(3,4)5/h7-9,13,15,18-19,21H,6,10-12,14H2,1-5H3. The molecule has 21 heavy (non-hydrogen) atoms. The Morgan fingerprint density at radius 3 is 2.62 bits per heavy atom. The molecule has 0 aromatic heterocycles. The maximum atomic E-state index is 3.73. The van der Waals surface area contributed by atoms with Crippen molar-refractivity contribution in [2.75, 3.05) is 6.54 Å². The van der Waals surface area contributed by atoms with Gasteiger partial charge in [0.1, 0.15) is 0 Å². The van der Waals surface area contributed by atoms with Crippen molar-refractivity contribution in [3.63, 3.8) is 0 Å². The van der Waals surface area contributed by atoms with Crippen LogP contribution in [-0.4, -0.2) is 12.1 Å². The molecule has 3 unspecified atom stereocenters. The van der Waals surface area contributed by atoms with Crippen LogP contribution in [0.5, 0.6) is 0 Å². The zero-order chi connectivity index (χ0) is 15.5. The lowest BCUT2D eigenvalue weighted by Crippen LogP contribution is -2.41. The average Bonchev–Trinajstić information content (AvgIpc) is 2.45. The molecular weight excluding hydrogens is 254 g/mol. The Labute approximate surface area is 131 Å². The molecule has 0 radical (unpaired) electrons. The van der Waals surface area contributed by atoms with Crippen LogP contribution in [0.2, 0.25) is 0 Å². The molecule has 1 N–H and O–H groups in total. The van der Waals surface area contributed by atoms with Crippen molar-refractivity contribution in [1.82, 2.24) is 5.32 Å². The van der Waals surface area contributed by atoms with Crippen molar-refractivity contribution >= 4 is 0 Å². The molecule has 0 heterocycles. The van der Waals surface area contributed by atoms with Gasteiger partial charge in [-0.2, -0.15) is 0 Å². The molecule has 1 aromatic rings. The van der Waals surface area contributed by atoms with Crippen molar-refractivity contribution in [3.8, 4) is 0 Å². The summed E-state index contributed by atoms with van der Waals surface area (Å²) in [5.41, 5.74) is 3.27. The highest BCUT2D eigenvalue weighted by atomic mass is 14.9. The Kier molecular flexibility index (Phi) is 5.48. The molecule has 3 atom stereocenters. The largest absolute Gasteiger partial charge is 0.312 e. The van der Waals surface area contributed by atoms with Gasteiger partial charge in [-0.25, -0.2) is 0 Å². The normalized spacial score (nSPS) is 26.8. The quantitative estimate of drug-likeness (QED) is 0.807. The molecule has 1 aromatic carbocycles. The van der Waals surface area contributed by atoms with Crippen LogP contribution in [0, 0.1) is 11.8 Å². The number of hydrogen-bond donors (Lipinski definition) is 1. The average molecular weight is 287 g/mol. The first-order valence-electron chi connectivity index (χ1n) is 8.73. The lowest BCUT2D eigenvalue weighted by Gasteiger charge is -2.37. The molecule has 0 aliphatic heterocycles. The van der Waals surface area contributed by atoms with Gasteiger partial charge >= 0.3 is 0 Å². The summed E-state index contributed by atoms with van der Waals surface area (Å²) in [6.07, 6.45) is 5.25. The van der Waals surface area contributed by atoms with Gasteiger partial charge in [-0.3, -0.25) is 0 Å². The van der Waals surface area contributed by atoms with E-state index in [1.807, 2.05) is 0 Å². The summed E-state index contributed by atoms with van der Waals surface area (Å²) in [4.78, 5) is 0. The van der Waals surface area contributed by atoms with E-state index in [4.69, 9.17) is 0 Å². The second-order valence-electron chi connectivity index (χ2n) is 8.01. The van der Waals surface area contributed by atoms with Gasteiger partial charge in [0, 0.05) is 5.54 Å². The molecule has 1 aliphatic rings. The zero-order valence-electron chi connectivity index (χ0n) is 14.6. The number of rotatable bonds is 4. The lowest BCUT2D eigenvalue weighted by atomic mass is 9.71. The van der Waals surface area contributed by atoms with Crippen molar-refractivity contribution in [2.24, 2.45) is 11.8 Å². The highest BCUT2D eigenvalue weighted by Gasteiger charge is 2.30. The van der Waals surface area contributed by atoms with Crippen molar-refractivity contribution in [3.05, 3.63) is 35.4 Å². The highest BCUT2D eigenvalue weighted by Crippen LogP contribution is 2.40. The lowest BCUT2D eigenvalue weighted by molar-refractivity contribution is 0.227. The summed E-state index contributed by atoms with van der Waals surface area (Å²) in [5.74, 6) is 2.38. The fourth-order valence-corrected chi connectivity index (χ4v) is 3.58. The topological polar surface area (TPSA) is 12.0 Å². The first-order chi connectivity index (χ1) is 9.89. The highest BCUT2D eigenvalue weighted by molar-refractivity contribution is 5.27. The monoisotopic (exact) mass is 287 g/mol. The van der Waals surface area contributed by atoms with E-state index in [2.05, 4.69) is 64.2 Å². The van der Waals surface area contributed by atoms with Crippen LogP contribution >= 0.6 is 0 Å². The van der Waals surface area contributed by atoms with Gasteiger partial charge in [0.25, 0.3) is 0 Å². The Balaban J connectivity index is 2.14. The molecular formula is C20H33N. The Morgan fingerprint density at radius 1 is 1.19 bits per heavy atom. The van der Waals surface area contributed by atoms with E-state index < -0.39 is 0 Å². The molecule has 1 nitrogen and oxygen atoms in total. The fraction of sp³-hybridized carbons (Fsp3) is 0.700. The third kappa shape index (κ3) is 4.85. The number of hydrogen-bond acceptors (Lipinski definition) is 1. The molecule has 1 fully saturated rings. The van der Waals surface area contributed by atoms with E-state index in [1.165, 1.54) is 24.8 Å². The first kappa shape index (κ1) is 16.5. The molecule has 1 saturated carbocycles. The maximum Gasteiger partial charge on any atom is 0.00966 e.